The third-order valence-electron chi connectivity index (χ3n) is 3.58. The van der Waals surface area contributed by atoms with E-state index in [0.717, 1.165) is 20.1 Å². The van der Waals surface area contributed by atoms with E-state index in [2.05, 4.69) is 15.5 Å². The molecule has 3 rings (SSSR count). The lowest BCUT2D eigenvalue weighted by Crippen LogP contribution is -2.41. The topological polar surface area (TPSA) is 112 Å². The Morgan fingerprint density at radius 3 is 2.84 bits per heavy atom. The molecule has 0 fully saturated rings. The molecular formula is C15H15N5O4S. The Balaban J connectivity index is 1.68. The van der Waals surface area contributed by atoms with Crippen LogP contribution in [0.1, 0.15) is 27.1 Å². The molecule has 3 heterocycles. The molecule has 1 amide bonds. The summed E-state index contributed by atoms with van der Waals surface area (Å²) in [4.78, 5) is 41.0. The van der Waals surface area contributed by atoms with E-state index in [1.807, 2.05) is 17.5 Å². The van der Waals surface area contributed by atoms with Crippen molar-refractivity contribution >= 4 is 17.2 Å². The van der Waals surface area contributed by atoms with Gasteiger partial charge in [-0.1, -0.05) is 11.2 Å². The molecule has 0 radical (unpaired) electrons. The molecule has 0 aromatic carbocycles. The minimum absolute atomic E-state index is 0.000323. The van der Waals surface area contributed by atoms with Gasteiger partial charge in [0.1, 0.15) is 5.69 Å². The second kappa shape index (κ2) is 6.85. The van der Waals surface area contributed by atoms with Crippen LogP contribution in [0.25, 0.3) is 0 Å². The Morgan fingerprint density at radius 2 is 2.12 bits per heavy atom. The molecule has 0 saturated carbocycles. The highest BCUT2D eigenvalue weighted by Gasteiger charge is 2.15. The highest BCUT2D eigenvalue weighted by Crippen LogP contribution is 2.12. The quantitative estimate of drug-likeness (QED) is 0.687. The lowest BCUT2D eigenvalue weighted by atomic mass is 10.3. The van der Waals surface area contributed by atoms with Crippen molar-refractivity contribution in [3.63, 3.8) is 0 Å². The molecule has 130 valence electrons. The fourth-order valence-electron chi connectivity index (χ4n) is 2.20. The van der Waals surface area contributed by atoms with Crippen molar-refractivity contribution in [1.29, 1.82) is 0 Å². The van der Waals surface area contributed by atoms with Gasteiger partial charge in [0.05, 0.1) is 6.54 Å². The van der Waals surface area contributed by atoms with Gasteiger partial charge in [-0.25, -0.2) is 4.79 Å². The molecule has 3 aromatic rings. The molecular weight excluding hydrogens is 346 g/mol. The molecule has 3 aromatic heterocycles. The van der Waals surface area contributed by atoms with Crippen molar-refractivity contribution in [2.24, 2.45) is 14.1 Å². The fourth-order valence-corrected chi connectivity index (χ4v) is 2.90. The van der Waals surface area contributed by atoms with Crippen molar-refractivity contribution in [1.82, 2.24) is 24.6 Å². The summed E-state index contributed by atoms with van der Waals surface area (Å²) in [5.74, 6) is 0.191. The standard InChI is InChI=1S/C15H15N5O4S/c1-19-10(7-13(21)20(2)15(19)23)14(22)16-8-12-17-11(18-24-12)6-9-4-3-5-25-9/h3-5,7H,6,8H2,1-2H3,(H,16,22). The number of hydrogen-bond acceptors (Lipinski definition) is 7. The first kappa shape index (κ1) is 16.8. The van der Waals surface area contributed by atoms with Crippen LogP contribution in [0.3, 0.4) is 0 Å². The summed E-state index contributed by atoms with van der Waals surface area (Å²) in [6.07, 6.45) is 0.554. The van der Waals surface area contributed by atoms with Crippen LogP contribution in [0.15, 0.2) is 37.7 Å². The lowest BCUT2D eigenvalue weighted by Gasteiger charge is -2.08. The molecule has 10 heteroatoms. The summed E-state index contributed by atoms with van der Waals surface area (Å²) >= 11 is 1.59. The number of hydrogen-bond donors (Lipinski definition) is 1. The van der Waals surface area contributed by atoms with Gasteiger partial charge in [0.15, 0.2) is 5.82 Å². The zero-order valence-electron chi connectivity index (χ0n) is 13.6. The Kier molecular flexibility index (Phi) is 4.61. The van der Waals surface area contributed by atoms with Gasteiger partial charge in [-0.3, -0.25) is 18.7 Å². The normalized spacial score (nSPS) is 10.8. The smallest absolute Gasteiger partial charge is 0.331 e. The van der Waals surface area contributed by atoms with Gasteiger partial charge in [0, 0.05) is 31.5 Å². The van der Waals surface area contributed by atoms with Gasteiger partial charge in [-0.15, -0.1) is 11.3 Å². The summed E-state index contributed by atoms with van der Waals surface area (Å²) < 4.78 is 7.12. The molecule has 9 nitrogen and oxygen atoms in total. The molecule has 0 aliphatic heterocycles. The molecule has 0 spiro atoms. The van der Waals surface area contributed by atoms with Crippen molar-refractivity contribution in [2.45, 2.75) is 13.0 Å². The van der Waals surface area contributed by atoms with Gasteiger partial charge in [0.2, 0.25) is 5.89 Å². The first-order chi connectivity index (χ1) is 12.0. The maximum atomic E-state index is 12.2. The van der Waals surface area contributed by atoms with E-state index in [1.54, 1.807) is 11.3 Å². The van der Waals surface area contributed by atoms with E-state index in [1.165, 1.54) is 14.1 Å². The van der Waals surface area contributed by atoms with Crippen LogP contribution >= 0.6 is 11.3 Å². The Labute approximate surface area is 145 Å². The molecule has 1 N–H and O–H groups in total. The number of carbonyl (C=O) groups is 1. The van der Waals surface area contributed by atoms with Crippen LogP contribution < -0.4 is 16.6 Å². The highest BCUT2D eigenvalue weighted by molar-refractivity contribution is 7.09. The minimum Gasteiger partial charge on any atom is -0.342 e. The summed E-state index contributed by atoms with van der Waals surface area (Å²) in [6, 6.07) is 5.02. The van der Waals surface area contributed by atoms with Crippen molar-refractivity contribution in [3.8, 4) is 0 Å². The number of thiophene rings is 1. The second-order valence-corrected chi connectivity index (χ2v) is 6.34. The first-order valence-corrected chi connectivity index (χ1v) is 8.23. The molecule has 25 heavy (non-hydrogen) atoms. The summed E-state index contributed by atoms with van der Waals surface area (Å²) in [5.41, 5.74) is -1.16. The summed E-state index contributed by atoms with van der Waals surface area (Å²) in [6.45, 7) is -0.000323. The van der Waals surface area contributed by atoms with E-state index in [4.69, 9.17) is 4.52 Å². The van der Waals surface area contributed by atoms with E-state index >= 15 is 0 Å². The van der Waals surface area contributed by atoms with Crippen LogP contribution in [0.4, 0.5) is 0 Å². The second-order valence-electron chi connectivity index (χ2n) is 5.31. The van der Waals surface area contributed by atoms with Gasteiger partial charge in [-0.2, -0.15) is 4.98 Å². The third-order valence-corrected chi connectivity index (χ3v) is 4.46. The van der Waals surface area contributed by atoms with Crippen LogP contribution in [0.2, 0.25) is 0 Å². The van der Waals surface area contributed by atoms with Gasteiger partial charge < -0.3 is 9.84 Å². The van der Waals surface area contributed by atoms with Crippen LogP contribution in [0.5, 0.6) is 0 Å². The SMILES string of the molecule is Cn1c(C(=O)NCc2nc(Cc3cccs3)no2)cc(=O)n(C)c1=O. The van der Waals surface area contributed by atoms with E-state index in [0.29, 0.717) is 12.2 Å². The Morgan fingerprint density at radius 1 is 1.32 bits per heavy atom. The molecule has 0 saturated heterocycles. The predicted molar refractivity (Wildman–Crippen MR) is 89.5 cm³/mol. The number of amides is 1. The number of rotatable bonds is 5. The summed E-state index contributed by atoms with van der Waals surface area (Å²) in [7, 11) is 2.77. The third kappa shape index (κ3) is 3.58. The summed E-state index contributed by atoms with van der Waals surface area (Å²) in [5, 5.41) is 8.38. The zero-order valence-corrected chi connectivity index (χ0v) is 14.4. The van der Waals surface area contributed by atoms with E-state index in [9.17, 15) is 14.4 Å². The van der Waals surface area contributed by atoms with Gasteiger partial charge in [-0.05, 0) is 11.4 Å². The van der Waals surface area contributed by atoms with Crippen molar-refractivity contribution < 1.29 is 9.32 Å². The van der Waals surface area contributed by atoms with Crippen LogP contribution in [0, 0.1) is 0 Å². The maximum absolute atomic E-state index is 12.2. The lowest BCUT2D eigenvalue weighted by molar-refractivity contribution is 0.0936. The van der Waals surface area contributed by atoms with Crippen LogP contribution in [-0.4, -0.2) is 25.2 Å². The molecule has 0 bridgehead atoms. The molecule has 0 unspecified atom stereocenters. The zero-order chi connectivity index (χ0) is 18.0. The van der Waals surface area contributed by atoms with Crippen molar-refractivity contribution in [2.75, 3.05) is 0 Å². The van der Waals surface area contributed by atoms with E-state index in [-0.39, 0.29) is 18.1 Å². The first-order valence-electron chi connectivity index (χ1n) is 7.35. The van der Waals surface area contributed by atoms with Gasteiger partial charge >= 0.3 is 5.69 Å². The molecule has 0 atom stereocenters. The van der Waals surface area contributed by atoms with E-state index < -0.39 is 17.2 Å². The Hall–Kier alpha value is -3.01. The van der Waals surface area contributed by atoms with Crippen molar-refractivity contribution in [3.05, 3.63) is 66.7 Å². The number of carbonyl (C=O) groups excluding carboxylic acids is 1. The minimum atomic E-state index is -0.575. The fraction of sp³-hybridized carbons (Fsp3) is 0.267. The Bertz CT molecular complexity index is 1020. The number of aromatic nitrogens is 4. The number of nitrogens with zero attached hydrogens (tertiary/aromatic N) is 4. The predicted octanol–water partition coefficient (Wildman–Crippen LogP) is 0.0493. The number of nitrogens with one attached hydrogen (secondary N) is 1. The molecule has 0 aliphatic carbocycles. The average Bonchev–Trinajstić information content (AvgIpc) is 3.26. The highest BCUT2D eigenvalue weighted by atomic mass is 32.1. The average molecular weight is 361 g/mol. The molecule has 0 aliphatic rings. The van der Waals surface area contributed by atoms with Crippen LogP contribution in [-0.2, 0) is 27.1 Å². The maximum Gasteiger partial charge on any atom is 0.331 e. The largest absolute Gasteiger partial charge is 0.342 e. The van der Waals surface area contributed by atoms with Gasteiger partial charge in [0.25, 0.3) is 11.5 Å². The monoisotopic (exact) mass is 361 g/mol.